The number of nitrogen functional groups attached to an aromatic ring is 1. The van der Waals surface area contributed by atoms with Crippen LogP contribution in [0.1, 0.15) is 38.7 Å². The van der Waals surface area contributed by atoms with Crippen molar-refractivity contribution in [3.05, 3.63) is 33.9 Å². The van der Waals surface area contributed by atoms with Gasteiger partial charge in [-0.25, -0.2) is 0 Å². The van der Waals surface area contributed by atoms with Crippen LogP contribution < -0.4 is 5.73 Å². The van der Waals surface area contributed by atoms with Crippen molar-refractivity contribution in [1.29, 1.82) is 0 Å². The highest BCUT2D eigenvalue weighted by atomic mass is 16.6. The second kappa shape index (κ2) is 5.71. The number of nitro benzene ring substituents is 1. The average molecular weight is 291 g/mol. The summed E-state index contributed by atoms with van der Waals surface area (Å²) in [4.78, 5) is 24.3. The maximum absolute atomic E-state index is 12.2. The van der Waals surface area contributed by atoms with Crippen LogP contribution in [0, 0.1) is 15.5 Å². The number of hydrogen-bond acceptors (Lipinski definition) is 4. The molecule has 2 N–H and O–H groups in total. The van der Waals surface area contributed by atoms with Crippen molar-refractivity contribution >= 4 is 17.3 Å². The molecule has 1 saturated heterocycles. The second-order valence-electron chi connectivity index (χ2n) is 6.37. The Labute approximate surface area is 124 Å². The molecular weight excluding hydrogens is 270 g/mol. The first-order valence-corrected chi connectivity index (χ1v) is 7.09. The molecule has 0 bridgehead atoms. The summed E-state index contributed by atoms with van der Waals surface area (Å²) >= 11 is 0. The Hall–Kier alpha value is -2.11. The number of rotatable bonds is 3. The van der Waals surface area contributed by atoms with Gasteiger partial charge in [0.05, 0.1) is 4.92 Å². The van der Waals surface area contributed by atoms with E-state index in [9.17, 15) is 14.9 Å². The molecule has 6 heteroatoms. The summed E-state index contributed by atoms with van der Waals surface area (Å²) in [5.41, 5.74) is 7.16. The lowest BCUT2D eigenvalue weighted by Gasteiger charge is -2.24. The lowest BCUT2D eigenvalue weighted by molar-refractivity contribution is -0.384. The van der Waals surface area contributed by atoms with E-state index in [0.717, 1.165) is 12.8 Å². The lowest BCUT2D eigenvalue weighted by atomic mass is 9.85. The van der Waals surface area contributed by atoms with Gasteiger partial charge in [-0.15, -0.1) is 0 Å². The normalized spacial score (nSPS) is 18.4. The number of non-ortho nitro benzene ring substituents is 1. The topological polar surface area (TPSA) is 89.5 Å². The molecule has 2 rings (SSSR count). The molecule has 1 heterocycles. The lowest BCUT2D eigenvalue weighted by Crippen LogP contribution is -2.30. The molecule has 0 unspecified atom stereocenters. The van der Waals surface area contributed by atoms with E-state index in [1.807, 2.05) is 0 Å². The number of amides is 1. The van der Waals surface area contributed by atoms with Gasteiger partial charge in [0, 0.05) is 42.9 Å². The van der Waals surface area contributed by atoms with Gasteiger partial charge in [0.1, 0.15) is 0 Å². The predicted octanol–water partition coefficient (Wildman–Crippen LogP) is 2.72. The van der Waals surface area contributed by atoms with Crippen molar-refractivity contribution in [2.75, 3.05) is 12.3 Å². The fourth-order valence-corrected chi connectivity index (χ4v) is 2.51. The number of carbonyl (C=O) groups is 1. The van der Waals surface area contributed by atoms with Crippen molar-refractivity contribution < 1.29 is 9.72 Å². The van der Waals surface area contributed by atoms with E-state index in [2.05, 4.69) is 13.8 Å². The first-order chi connectivity index (χ1) is 9.78. The van der Waals surface area contributed by atoms with Gasteiger partial charge in [-0.2, -0.15) is 0 Å². The maximum Gasteiger partial charge on any atom is 0.269 e. The van der Waals surface area contributed by atoms with Crippen LogP contribution in [0.25, 0.3) is 0 Å². The van der Waals surface area contributed by atoms with Crippen molar-refractivity contribution in [3.63, 3.8) is 0 Å². The molecule has 0 aromatic heterocycles. The molecule has 114 valence electrons. The molecule has 6 nitrogen and oxygen atoms in total. The van der Waals surface area contributed by atoms with E-state index in [-0.39, 0.29) is 17.0 Å². The Balaban J connectivity index is 2.19. The average Bonchev–Trinajstić information content (AvgIpc) is 2.54. The monoisotopic (exact) mass is 291 g/mol. The smallest absolute Gasteiger partial charge is 0.269 e. The second-order valence-corrected chi connectivity index (χ2v) is 6.37. The molecule has 1 aliphatic rings. The fraction of sp³-hybridized carbons (Fsp3) is 0.533. The summed E-state index contributed by atoms with van der Waals surface area (Å²) in [5.74, 6) is 0.0893. The molecule has 0 saturated carbocycles. The zero-order chi connectivity index (χ0) is 15.6. The van der Waals surface area contributed by atoms with Crippen LogP contribution in [-0.2, 0) is 11.3 Å². The van der Waals surface area contributed by atoms with E-state index in [4.69, 9.17) is 5.73 Å². The third-order valence-corrected chi connectivity index (χ3v) is 4.13. The van der Waals surface area contributed by atoms with Crippen molar-refractivity contribution in [2.45, 2.75) is 39.7 Å². The number of anilines is 1. The van der Waals surface area contributed by atoms with Crippen LogP contribution in [0.2, 0.25) is 0 Å². The number of benzene rings is 1. The predicted molar refractivity (Wildman–Crippen MR) is 80.6 cm³/mol. The highest BCUT2D eigenvalue weighted by Crippen LogP contribution is 2.31. The number of hydrogen-bond donors (Lipinski definition) is 1. The van der Waals surface area contributed by atoms with Gasteiger partial charge in [-0.1, -0.05) is 13.8 Å². The Kier molecular flexibility index (Phi) is 4.16. The van der Waals surface area contributed by atoms with Gasteiger partial charge < -0.3 is 10.6 Å². The highest BCUT2D eigenvalue weighted by Gasteiger charge is 2.27. The van der Waals surface area contributed by atoms with E-state index >= 15 is 0 Å². The Morgan fingerprint density at radius 1 is 1.38 bits per heavy atom. The number of nitrogens with zero attached hydrogens (tertiary/aromatic N) is 2. The van der Waals surface area contributed by atoms with E-state index in [1.165, 1.54) is 18.2 Å². The Morgan fingerprint density at radius 3 is 2.76 bits per heavy atom. The van der Waals surface area contributed by atoms with E-state index in [0.29, 0.717) is 30.8 Å². The molecule has 0 aliphatic carbocycles. The SMILES string of the molecule is CC1(C)CCC(=O)N(Cc2cc([N+](=O)[O-])ccc2N)CC1. The number of likely N-dealkylation sites (tertiary alicyclic amines) is 1. The molecular formula is C15H21N3O3. The van der Waals surface area contributed by atoms with E-state index in [1.54, 1.807) is 4.90 Å². The molecule has 0 spiro atoms. The minimum atomic E-state index is -0.448. The fourth-order valence-electron chi connectivity index (χ4n) is 2.51. The number of nitro groups is 1. The Morgan fingerprint density at radius 2 is 2.10 bits per heavy atom. The quantitative estimate of drug-likeness (QED) is 0.526. The van der Waals surface area contributed by atoms with Crippen LogP contribution in [0.5, 0.6) is 0 Å². The Bertz CT molecular complexity index is 569. The summed E-state index contributed by atoms with van der Waals surface area (Å²) in [7, 11) is 0. The minimum Gasteiger partial charge on any atom is -0.398 e. The van der Waals surface area contributed by atoms with Gasteiger partial charge in [0.2, 0.25) is 5.91 Å². The van der Waals surface area contributed by atoms with Crippen molar-refractivity contribution in [2.24, 2.45) is 5.41 Å². The highest BCUT2D eigenvalue weighted by molar-refractivity contribution is 5.76. The molecule has 1 aromatic carbocycles. The van der Waals surface area contributed by atoms with Crippen LogP contribution in [0.4, 0.5) is 11.4 Å². The summed E-state index contributed by atoms with van der Waals surface area (Å²) in [5, 5.41) is 10.8. The summed E-state index contributed by atoms with van der Waals surface area (Å²) in [6.45, 7) is 5.31. The minimum absolute atomic E-state index is 0.00167. The molecule has 0 radical (unpaired) electrons. The summed E-state index contributed by atoms with van der Waals surface area (Å²) < 4.78 is 0. The van der Waals surface area contributed by atoms with Crippen LogP contribution in [0.3, 0.4) is 0 Å². The molecule has 1 amide bonds. The number of carbonyl (C=O) groups excluding carboxylic acids is 1. The molecule has 21 heavy (non-hydrogen) atoms. The van der Waals surface area contributed by atoms with Gasteiger partial charge in [0.15, 0.2) is 0 Å². The first-order valence-electron chi connectivity index (χ1n) is 7.09. The third kappa shape index (κ3) is 3.71. The molecule has 1 fully saturated rings. The summed E-state index contributed by atoms with van der Waals surface area (Å²) in [6.07, 6.45) is 2.31. The largest absolute Gasteiger partial charge is 0.398 e. The standard InChI is InChI=1S/C15H21N3O3/c1-15(2)6-5-14(19)17(8-7-15)10-11-9-12(18(20)21)3-4-13(11)16/h3-4,9H,5-8,10,16H2,1-2H3. The number of nitrogens with two attached hydrogens (primary N) is 1. The third-order valence-electron chi connectivity index (χ3n) is 4.13. The molecule has 0 atom stereocenters. The van der Waals surface area contributed by atoms with Crippen molar-refractivity contribution in [1.82, 2.24) is 4.90 Å². The molecule has 1 aromatic rings. The van der Waals surface area contributed by atoms with Gasteiger partial charge in [-0.3, -0.25) is 14.9 Å². The zero-order valence-electron chi connectivity index (χ0n) is 12.5. The van der Waals surface area contributed by atoms with Crippen LogP contribution >= 0.6 is 0 Å². The van der Waals surface area contributed by atoms with Gasteiger partial charge in [-0.05, 0) is 24.3 Å². The van der Waals surface area contributed by atoms with Crippen LogP contribution in [-0.4, -0.2) is 22.3 Å². The maximum atomic E-state index is 12.2. The van der Waals surface area contributed by atoms with Gasteiger partial charge in [0.25, 0.3) is 5.69 Å². The first kappa shape index (κ1) is 15.3. The van der Waals surface area contributed by atoms with E-state index < -0.39 is 4.92 Å². The van der Waals surface area contributed by atoms with Crippen molar-refractivity contribution in [3.8, 4) is 0 Å². The zero-order valence-corrected chi connectivity index (χ0v) is 12.5. The van der Waals surface area contributed by atoms with Crippen LogP contribution in [0.15, 0.2) is 18.2 Å². The summed E-state index contributed by atoms with van der Waals surface area (Å²) in [6, 6.07) is 4.37. The molecule has 1 aliphatic heterocycles. The van der Waals surface area contributed by atoms with Gasteiger partial charge >= 0.3 is 0 Å².